The van der Waals surface area contributed by atoms with Crippen molar-refractivity contribution in [3.05, 3.63) is 46.7 Å². The number of carbonyl (C=O) groups excluding carboxylic acids is 1. The van der Waals surface area contributed by atoms with Gasteiger partial charge in [-0.05, 0) is 42.8 Å². The van der Waals surface area contributed by atoms with Gasteiger partial charge < -0.3 is 14.4 Å². The maximum absolute atomic E-state index is 12.6. The van der Waals surface area contributed by atoms with Crippen molar-refractivity contribution in [3.63, 3.8) is 0 Å². The van der Waals surface area contributed by atoms with Gasteiger partial charge in [0.25, 0.3) is 0 Å². The molecular weight excluding hydrogens is 334 g/mol. The van der Waals surface area contributed by atoms with Crippen LogP contribution in [-0.4, -0.2) is 36.6 Å². The van der Waals surface area contributed by atoms with Crippen molar-refractivity contribution in [3.8, 4) is 11.5 Å². The first-order valence-electron chi connectivity index (χ1n) is 8.95. The fraction of sp³-hybridized carbons (Fsp3) is 0.450. The minimum atomic E-state index is -0.109. The van der Waals surface area contributed by atoms with Gasteiger partial charge in [-0.2, -0.15) is 0 Å². The smallest absolute Gasteiger partial charge is 0.222 e. The van der Waals surface area contributed by atoms with Gasteiger partial charge in [-0.15, -0.1) is 11.3 Å². The molecule has 3 rings (SSSR count). The second-order valence-corrected chi connectivity index (χ2v) is 7.30. The fourth-order valence-corrected chi connectivity index (χ4v) is 3.76. The third-order valence-electron chi connectivity index (χ3n) is 4.23. The van der Waals surface area contributed by atoms with Gasteiger partial charge >= 0.3 is 0 Å². The van der Waals surface area contributed by atoms with Crippen molar-refractivity contribution in [1.82, 2.24) is 4.90 Å². The number of ether oxygens (including phenoxy) is 2. The monoisotopic (exact) mass is 359 g/mol. The highest BCUT2D eigenvalue weighted by Gasteiger charge is 2.24. The molecular formula is C20H25NO3S. The van der Waals surface area contributed by atoms with E-state index in [4.69, 9.17) is 9.47 Å². The molecule has 0 saturated carbocycles. The molecule has 0 radical (unpaired) electrons. The minimum Gasteiger partial charge on any atom is -0.486 e. The van der Waals surface area contributed by atoms with E-state index in [1.54, 1.807) is 11.3 Å². The van der Waals surface area contributed by atoms with E-state index in [0.717, 1.165) is 37.3 Å². The Morgan fingerprint density at radius 2 is 2.08 bits per heavy atom. The molecule has 4 nitrogen and oxygen atoms in total. The quantitative estimate of drug-likeness (QED) is 0.711. The highest BCUT2D eigenvalue weighted by molar-refractivity contribution is 7.09. The van der Waals surface area contributed by atoms with Crippen LogP contribution in [0.2, 0.25) is 0 Å². The molecule has 1 aromatic heterocycles. The van der Waals surface area contributed by atoms with Crippen molar-refractivity contribution < 1.29 is 14.3 Å². The molecule has 0 bridgehead atoms. The third-order valence-corrected chi connectivity index (χ3v) is 5.17. The fourth-order valence-electron chi connectivity index (χ4n) is 3.01. The van der Waals surface area contributed by atoms with Crippen molar-refractivity contribution in [2.45, 2.75) is 38.7 Å². The lowest BCUT2D eigenvalue weighted by Gasteiger charge is -2.31. The molecule has 1 atom stereocenters. The Bertz CT molecular complexity index is 671. The first-order chi connectivity index (χ1) is 12.3. The lowest BCUT2D eigenvalue weighted by atomic mass is 10.2. The lowest BCUT2D eigenvalue weighted by molar-refractivity contribution is -0.132. The zero-order valence-corrected chi connectivity index (χ0v) is 15.5. The predicted octanol–water partition coefficient (Wildman–Crippen LogP) is 4.15. The second-order valence-electron chi connectivity index (χ2n) is 6.27. The average molecular weight is 359 g/mol. The Morgan fingerprint density at radius 1 is 1.24 bits per heavy atom. The van der Waals surface area contributed by atoms with E-state index < -0.39 is 0 Å². The molecule has 2 aromatic rings. The van der Waals surface area contributed by atoms with Gasteiger partial charge in [-0.1, -0.05) is 25.1 Å². The number of para-hydroxylation sites is 2. The molecule has 134 valence electrons. The predicted molar refractivity (Wildman–Crippen MR) is 100 cm³/mol. The normalized spacial score (nSPS) is 15.8. The zero-order chi connectivity index (χ0) is 17.5. The summed E-state index contributed by atoms with van der Waals surface area (Å²) >= 11 is 1.75. The Labute approximate surface area is 153 Å². The van der Waals surface area contributed by atoms with Gasteiger partial charge in [-0.3, -0.25) is 4.79 Å². The van der Waals surface area contributed by atoms with Crippen LogP contribution in [0.1, 0.15) is 31.1 Å². The number of hydrogen-bond acceptors (Lipinski definition) is 4. The van der Waals surface area contributed by atoms with Crippen molar-refractivity contribution in [2.24, 2.45) is 0 Å². The summed E-state index contributed by atoms with van der Waals surface area (Å²) in [5.41, 5.74) is 0. The maximum atomic E-state index is 12.6. The standard InChI is InChI=1S/C20H25NO3S/c1-2-12-21(20(22)11-5-7-17-8-6-13-25-17)14-16-15-23-18-9-3-4-10-19(18)24-16/h3-4,6,8-10,13,16H,2,5,7,11-12,14-15H2,1H3. The molecule has 0 saturated heterocycles. The molecule has 0 N–H and O–H groups in total. The van der Waals surface area contributed by atoms with Crippen molar-refractivity contribution in [1.29, 1.82) is 0 Å². The molecule has 25 heavy (non-hydrogen) atoms. The van der Waals surface area contributed by atoms with Crippen LogP contribution in [0, 0.1) is 0 Å². The van der Waals surface area contributed by atoms with Crippen LogP contribution in [0.15, 0.2) is 41.8 Å². The molecule has 1 unspecified atom stereocenters. The number of aryl methyl sites for hydroxylation is 1. The summed E-state index contributed by atoms with van der Waals surface area (Å²) in [5, 5.41) is 2.08. The van der Waals surface area contributed by atoms with E-state index in [9.17, 15) is 4.79 Å². The Morgan fingerprint density at radius 3 is 2.84 bits per heavy atom. The Balaban J connectivity index is 1.51. The lowest BCUT2D eigenvalue weighted by Crippen LogP contribution is -2.44. The van der Waals surface area contributed by atoms with Crippen LogP contribution in [0.5, 0.6) is 11.5 Å². The molecule has 0 spiro atoms. The number of nitrogens with zero attached hydrogens (tertiary/aromatic N) is 1. The summed E-state index contributed by atoms with van der Waals surface area (Å²) in [6.07, 6.45) is 3.29. The SMILES string of the molecule is CCCN(CC1COc2ccccc2O1)C(=O)CCCc1cccs1. The van der Waals surface area contributed by atoms with E-state index in [1.807, 2.05) is 29.2 Å². The highest BCUT2D eigenvalue weighted by atomic mass is 32.1. The van der Waals surface area contributed by atoms with E-state index >= 15 is 0 Å². The van der Waals surface area contributed by atoms with Crippen LogP contribution >= 0.6 is 11.3 Å². The van der Waals surface area contributed by atoms with Gasteiger partial charge in [0, 0.05) is 17.8 Å². The molecule has 1 aliphatic heterocycles. The van der Waals surface area contributed by atoms with E-state index in [-0.39, 0.29) is 12.0 Å². The molecule has 1 aliphatic rings. The van der Waals surface area contributed by atoms with Crippen LogP contribution in [-0.2, 0) is 11.2 Å². The van der Waals surface area contributed by atoms with Crippen LogP contribution in [0.25, 0.3) is 0 Å². The van der Waals surface area contributed by atoms with Gasteiger partial charge in [0.1, 0.15) is 6.61 Å². The van der Waals surface area contributed by atoms with Gasteiger partial charge in [-0.25, -0.2) is 0 Å². The first-order valence-corrected chi connectivity index (χ1v) is 9.83. The molecule has 0 fully saturated rings. The summed E-state index contributed by atoms with van der Waals surface area (Å²) < 4.78 is 11.8. The number of rotatable bonds is 8. The average Bonchev–Trinajstić information content (AvgIpc) is 3.14. The molecule has 0 aliphatic carbocycles. The van der Waals surface area contributed by atoms with Crippen molar-refractivity contribution >= 4 is 17.2 Å². The highest BCUT2D eigenvalue weighted by Crippen LogP contribution is 2.31. The number of benzene rings is 1. The van der Waals surface area contributed by atoms with Gasteiger partial charge in [0.15, 0.2) is 17.6 Å². The zero-order valence-electron chi connectivity index (χ0n) is 14.6. The van der Waals surface area contributed by atoms with Crippen molar-refractivity contribution in [2.75, 3.05) is 19.7 Å². The summed E-state index contributed by atoms with van der Waals surface area (Å²) in [6.45, 7) is 3.93. The third kappa shape index (κ3) is 4.98. The van der Waals surface area contributed by atoms with E-state index in [2.05, 4.69) is 24.4 Å². The van der Waals surface area contributed by atoms with E-state index in [1.165, 1.54) is 4.88 Å². The minimum absolute atomic E-state index is 0.109. The number of carbonyl (C=O) groups is 1. The molecule has 2 heterocycles. The summed E-state index contributed by atoms with van der Waals surface area (Å²) in [4.78, 5) is 15.9. The van der Waals surface area contributed by atoms with Crippen LogP contribution in [0.4, 0.5) is 0 Å². The maximum Gasteiger partial charge on any atom is 0.222 e. The first kappa shape index (κ1) is 17.8. The van der Waals surface area contributed by atoms with Crippen LogP contribution in [0.3, 0.4) is 0 Å². The second kappa shape index (κ2) is 8.90. The number of thiophene rings is 1. The Hall–Kier alpha value is -2.01. The van der Waals surface area contributed by atoms with Gasteiger partial charge in [0.2, 0.25) is 5.91 Å². The number of amides is 1. The molecule has 1 amide bonds. The van der Waals surface area contributed by atoms with E-state index in [0.29, 0.717) is 19.6 Å². The summed E-state index contributed by atoms with van der Waals surface area (Å²) in [7, 11) is 0. The van der Waals surface area contributed by atoms with Crippen LogP contribution < -0.4 is 9.47 Å². The largest absolute Gasteiger partial charge is 0.486 e. The van der Waals surface area contributed by atoms with Gasteiger partial charge in [0.05, 0.1) is 6.54 Å². The Kier molecular flexibility index (Phi) is 6.34. The summed E-state index contributed by atoms with van der Waals surface area (Å²) in [5.74, 6) is 1.75. The molecule has 1 aromatic carbocycles. The molecule has 5 heteroatoms. The number of fused-ring (bicyclic) bond motifs is 1. The topological polar surface area (TPSA) is 38.8 Å². The summed E-state index contributed by atoms with van der Waals surface area (Å²) in [6, 6.07) is 11.9. The number of hydrogen-bond donors (Lipinski definition) is 0.